The highest BCUT2D eigenvalue weighted by Gasteiger charge is 2.30. The Labute approximate surface area is 202 Å². The smallest absolute Gasteiger partial charge is 0.407 e. The number of carbonyl (C=O) groups excluding carboxylic acids is 2. The van der Waals surface area contributed by atoms with E-state index in [1.54, 1.807) is 13.1 Å². The van der Waals surface area contributed by atoms with Crippen LogP contribution in [0.4, 0.5) is 4.79 Å². The summed E-state index contributed by atoms with van der Waals surface area (Å²) in [5.41, 5.74) is 5.12. The van der Waals surface area contributed by atoms with Crippen molar-refractivity contribution in [2.24, 2.45) is 0 Å². The second-order valence-corrected chi connectivity index (χ2v) is 8.65. The zero-order valence-corrected chi connectivity index (χ0v) is 19.4. The first-order chi connectivity index (χ1) is 16.9. The van der Waals surface area contributed by atoms with E-state index in [2.05, 4.69) is 32.7 Å². The van der Waals surface area contributed by atoms with Gasteiger partial charge in [0, 0.05) is 36.7 Å². The molecule has 9 heteroatoms. The first-order valence-electron chi connectivity index (χ1n) is 11.5. The fraction of sp³-hybridized carbons (Fsp3) is 0.308. The molecule has 3 aromatic rings. The van der Waals surface area contributed by atoms with Gasteiger partial charge in [-0.1, -0.05) is 48.5 Å². The molecule has 2 amide bonds. The fourth-order valence-corrected chi connectivity index (χ4v) is 4.36. The SMILES string of the molecule is CC(CCC(=O)O)NC(=O)C(Cc1cnc[nH]1)NC(=O)OCC1c2ccccc2-c2ccccc21. The molecule has 1 aromatic heterocycles. The predicted octanol–water partition coefficient (Wildman–Crippen LogP) is 3.23. The Morgan fingerprint density at radius 2 is 1.71 bits per heavy atom. The number of fused-ring (bicyclic) bond motifs is 3. The van der Waals surface area contributed by atoms with E-state index in [-0.39, 0.29) is 37.8 Å². The molecule has 2 aromatic carbocycles. The Bertz CT molecular complexity index is 1150. The second-order valence-electron chi connectivity index (χ2n) is 8.65. The van der Waals surface area contributed by atoms with Gasteiger partial charge in [-0.05, 0) is 35.6 Å². The highest BCUT2D eigenvalue weighted by molar-refractivity contribution is 5.86. The number of hydrogen-bond acceptors (Lipinski definition) is 5. The van der Waals surface area contributed by atoms with Crippen LogP contribution in [0.15, 0.2) is 61.1 Å². The van der Waals surface area contributed by atoms with Crippen LogP contribution < -0.4 is 10.6 Å². The standard InChI is InChI=1S/C26H28N4O5/c1-16(10-11-24(31)32)29-25(33)23(12-17-13-27-15-28-17)30-26(34)35-14-22-20-8-4-2-6-18(20)19-7-3-5-9-21(19)22/h2-9,13,15-16,22-23H,10-12,14H2,1H3,(H,27,28)(H,29,33)(H,30,34)(H,31,32). The summed E-state index contributed by atoms with van der Waals surface area (Å²) in [5.74, 6) is -1.45. The minimum absolute atomic E-state index is 0.0630. The number of benzene rings is 2. The third-order valence-electron chi connectivity index (χ3n) is 6.11. The number of aromatic amines is 1. The number of amides is 2. The predicted molar refractivity (Wildman–Crippen MR) is 129 cm³/mol. The van der Waals surface area contributed by atoms with E-state index in [1.807, 2.05) is 36.4 Å². The van der Waals surface area contributed by atoms with Gasteiger partial charge in [-0.15, -0.1) is 0 Å². The molecule has 4 rings (SSSR count). The Hall–Kier alpha value is -4.14. The molecule has 0 saturated carbocycles. The minimum atomic E-state index is -0.933. The van der Waals surface area contributed by atoms with Crippen LogP contribution in [0.5, 0.6) is 0 Å². The highest BCUT2D eigenvalue weighted by Crippen LogP contribution is 2.44. The summed E-state index contributed by atoms with van der Waals surface area (Å²) in [7, 11) is 0. The van der Waals surface area contributed by atoms with Crippen LogP contribution in [0.1, 0.15) is 42.5 Å². The molecule has 0 aliphatic heterocycles. The Kier molecular flexibility index (Phi) is 7.45. The summed E-state index contributed by atoms with van der Waals surface area (Å²) in [6.45, 7) is 1.86. The molecule has 2 unspecified atom stereocenters. The van der Waals surface area contributed by atoms with Crippen molar-refractivity contribution in [3.05, 3.63) is 77.9 Å². The van der Waals surface area contributed by atoms with Crippen molar-refractivity contribution in [1.82, 2.24) is 20.6 Å². The topological polar surface area (TPSA) is 133 Å². The number of imidazole rings is 1. The monoisotopic (exact) mass is 476 g/mol. The minimum Gasteiger partial charge on any atom is -0.481 e. The molecule has 35 heavy (non-hydrogen) atoms. The van der Waals surface area contributed by atoms with E-state index in [1.165, 1.54) is 6.33 Å². The largest absolute Gasteiger partial charge is 0.481 e. The van der Waals surface area contributed by atoms with Crippen LogP contribution in [0.3, 0.4) is 0 Å². The highest BCUT2D eigenvalue weighted by atomic mass is 16.5. The van der Waals surface area contributed by atoms with Crippen LogP contribution >= 0.6 is 0 Å². The average Bonchev–Trinajstić information content (AvgIpc) is 3.47. The zero-order valence-electron chi connectivity index (χ0n) is 19.4. The lowest BCUT2D eigenvalue weighted by Crippen LogP contribution is -2.50. The van der Waals surface area contributed by atoms with E-state index in [0.29, 0.717) is 5.69 Å². The quantitative estimate of drug-likeness (QED) is 0.355. The van der Waals surface area contributed by atoms with Crippen LogP contribution in [-0.2, 0) is 20.7 Å². The third-order valence-corrected chi connectivity index (χ3v) is 6.11. The van der Waals surface area contributed by atoms with Gasteiger partial charge in [0.25, 0.3) is 0 Å². The van der Waals surface area contributed by atoms with Crippen LogP contribution in [0.2, 0.25) is 0 Å². The molecule has 0 radical (unpaired) electrons. The lowest BCUT2D eigenvalue weighted by atomic mass is 9.98. The molecule has 9 nitrogen and oxygen atoms in total. The van der Waals surface area contributed by atoms with Gasteiger partial charge in [-0.2, -0.15) is 0 Å². The molecule has 1 aliphatic carbocycles. The van der Waals surface area contributed by atoms with Gasteiger partial charge in [0.1, 0.15) is 12.6 Å². The molecule has 2 atom stereocenters. The molecular formula is C26H28N4O5. The maximum absolute atomic E-state index is 12.9. The van der Waals surface area contributed by atoms with E-state index in [4.69, 9.17) is 9.84 Å². The molecule has 1 heterocycles. The molecule has 0 spiro atoms. The number of carboxylic acids is 1. The fourth-order valence-electron chi connectivity index (χ4n) is 4.36. The maximum atomic E-state index is 12.9. The van der Waals surface area contributed by atoms with Crippen LogP contribution in [0.25, 0.3) is 11.1 Å². The number of aromatic nitrogens is 2. The third kappa shape index (κ3) is 5.87. The van der Waals surface area contributed by atoms with Crippen molar-refractivity contribution >= 4 is 18.0 Å². The number of ether oxygens (including phenoxy) is 1. The van der Waals surface area contributed by atoms with Gasteiger partial charge in [0.05, 0.1) is 6.33 Å². The van der Waals surface area contributed by atoms with Crippen LogP contribution in [-0.4, -0.2) is 51.7 Å². The Morgan fingerprint density at radius 3 is 2.31 bits per heavy atom. The summed E-state index contributed by atoms with van der Waals surface area (Å²) in [6.07, 6.45) is 2.77. The zero-order chi connectivity index (χ0) is 24.8. The van der Waals surface area contributed by atoms with Gasteiger partial charge in [0.15, 0.2) is 0 Å². The number of alkyl carbamates (subject to hydrolysis) is 1. The molecule has 0 fully saturated rings. The summed E-state index contributed by atoms with van der Waals surface area (Å²) < 4.78 is 5.59. The van der Waals surface area contributed by atoms with Gasteiger partial charge in [-0.25, -0.2) is 9.78 Å². The lowest BCUT2D eigenvalue weighted by Gasteiger charge is -2.21. The van der Waals surface area contributed by atoms with Gasteiger partial charge >= 0.3 is 12.1 Å². The summed E-state index contributed by atoms with van der Waals surface area (Å²) in [4.78, 5) is 43.3. The number of carbonyl (C=O) groups is 3. The molecule has 0 saturated heterocycles. The second kappa shape index (κ2) is 10.9. The first kappa shape index (κ1) is 24.0. The van der Waals surface area contributed by atoms with E-state index < -0.39 is 24.0 Å². The maximum Gasteiger partial charge on any atom is 0.407 e. The molecule has 4 N–H and O–H groups in total. The van der Waals surface area contributed by atoms with Crippen LogP contribution in [0, 0.1) is 0 Å². The van der Waals surface area contributed by atoms with Crippen molar-refractivity contribution in [1.29, 1.82) is 0 Å². The summed E-state index contributed by atoms with van der Waals surface area (Å²) >= 11 is 0. The number of nitrogens with zero attached hydrogens (tertiary/aromatic N) is 1. The molecular weight excluding hydrogens is 448 g/mol. The summed E-state index contributed by atoms with van der Waals surface area (Å²) in [6, 6.07) is 14.8. The van der Waals surface area contributed by atoms with Gasteiger partial charge < -0.3 is 25.5 Å². The lowest BCUT2D eigenvalue weighted by molar-refractivity contribution is -0.137. The van der Waals surface area contributed by atoms with Crippen molar-refractivity contribution in [2.75, 3.05) is 6.61 Å². The molecule has 1 aliphatic rings. The van der Waals surface area contributed by atoms with E-state index in [0.717, 1.165) is 22.3 Å². The number of nitrogens with one attached hydrogen (secondary N) is 3. The molecule has 0 bridgehead atoms. The van der Waals surface area contributed by atoms with Crippen molar-refractivity contribution in [3.63, 3.8) is 0 Å². The Balaban J connectivity index is 1.41. The summed E-state index contributed by atoms with van der Waals surface area (Å²) in [5, 5.41) is 14.3. The number of rotatable bonds is 10. The molecule has 182 valence electrons. The van der Waals surface area contributed by atoms with E-state index >= 15 is 0 Å². The van der Waals surface area contributed by atoms with Gasteiger partial charge in [-0.3, -0.25) is 9.59 Å². The number of H-pyrrole nitrogens is 1. The number of aliphatic carboxylic acids is 1. The first-order valence-corrected chi connectivity index (χ1v) is 11.5. The van der Waals surface area contributed by atoms with Crippen molar-refractivity contribution in [2.45, 2.75) is 44.2 Å². The Morgan fingerprint density at radius 1 is 1.06 bits per heavy atom. The average molecular weight is 477 g/mol. The normalized spacial score (nSPS) is 13.9. The van der Waals surface area contributed by atoms with Crippen molar-refractivity contribution < 1.29 is 24.2 Å². The van der Waals surface area contributed by atoms with Crippen molar-refractivity contribution in [3.8, 4) is 11.1 Å². The number of carboxylic acid groups (broad SMARTS) is 1. The van der Waals surface area contributed by atoms with Gasteiger partial charge in [0.2, 0.25) is 5.91 Å². The number of hydrogen-bond donors (Lipinski definition) is 4. The van der Waals surface area contributed by atoms with E-state index in [9.17, 15) is 14.4 Å².